The van der Waals surface area contributed by atoms with Gasteiger partial charge in [-0.2, -0.15) is 0 Å². The number of thiocarbonyl (C=S) groups is 1. The monoisotopic (exact) mass is 576 g/mol. The van der Waals surface area contributed by atoms with Crippen molar-refractivity contribution < 1.29 is 9.90 Å². The Bertz CT molecular complexity index is 1380. The summed E-state index contributed by atoms with van der Waals surface area (Å²) in [5, 5.41) is 12.4. The van der Waals surface area contributed by atoms with Crippen molar-refractivity contribution in [2.75, 3.05) is 17.7 Å². The molecule has 0 unspecified atom stereocenters. The largest absolute Gasteiger partial charge is 0.397 e. The summed E-state index contributed by atoms with van der Waals surface area (Å²) in [5.74, 6) is 0.0688. The second-order valence-corrected chi connectivity index (χ2v) is 8.47. The van der Waals surface area contributed by atoms with Crippen molar-refractivity contribution in [1.82, 2.24) is 24.9 Å². The SMILES string of the molecule is CCO.NC(N)=S.Nc1nc(-c2c[nH]c3ncccc23)cs1.O=C(CBr)c1c[nH]c2ncccc12. The molecule has 0 radical (unpaired) electrons. The summed E-state index contributed by atoms with van der Waals surface area (Å²) >= 11 is 8.67. The minimum Gasteiger partial charge on any atom is -0.397 e. The molecular weight excluding hydrogens is 552 g/mol. The first kappa shape index (κ1) is 27.9. The fourth-order valence-corrected chi connectivity index (χ4v) is 3.70. The maximum atomic E-state index is 11.4. The van der Waals surface area contributed by atoms with E-state index in [1.165, 1.54) is 11.3 Å². The van der Waals surface area contributed by atoms with Crippen LogP contribution in [0.4, 0.5) is 5.13 Å². The van der Waals surface area contributed by atoms with Crippen LogP contribution in [-0.2, 0) is 0 Å². The molecule has 5 rings (SSSR count). The van der Waals surface area contributed by atoms with E-state index in [4.69, 9.17) is 10.8 Å². The molecule has 10 nitrogen and oxygen atoms in total. The Morgan fingerprint density at radius 1 is 1.11 bits per heavy atom. The molecule has 9 N–H and O–H groups in total. The molecule has 0 saturated heterocycles. The Morgan fingerprint density at radius 2 is 1.66 bits per heavy atom. The van der Waals surface area contributed by atoms with Crippen molar-refractivity contribution >= 4 is 77.6 Å². The lowest BCUT2D eigenvalue weighted by atomic mass is 10.2. The summed E-state index contributed by atoms with van der Waals surface area (Å²) in [6, 6.07) is 7.63. The molecule has 35 heavy (non-hydrogen) atoms. The van der Waals surface area contributed by atoms with Crippen LogP contribution in [0.1, 0.15) is 17.3 Å². The van der Waals surface area contributed by atoms with E-state index in [0.29, 0.717) is 16.0 Å². The number of carbonyl (C=O) groups is 1. The number of H-pyrrole nitrogens is 2. The van der Waals surface area contributed by atoms with Crippen LogP contribution < -0.4 is 17.2 Å². The average molecular weight is 578 g/mol. The molecule has 5 aromatic heterocycles. The predicted octanol–water partition coefficient (Wildman–Crippen LogP) is 3.60. The maximum Gasteiger partial charge on any atom is 0.180 e. The number of aromatic amines is 2. The second-order valence-electron chi connectivity index (χ2n) is 6.55. The number of carbonyl (C=O) groups excluding carboxylic acids is 1. The highest BCUT2D eigenvalue weighted by molar-refractivity contribution is 9.09. The number of nitrogens with zero attached hydrogens (tertiary/aromatic N) is 3. The summed E-state index contributed by atoms with van der Waals surface area (Å²) in [4.78, 5) is 30.0. The standard InChI is InChI=1S/C10H8N4S.C9H7BrN2O.C2H6O.CH4N2S/c11-10-14-8(5-15-10)7-4-13-9-6(7)2-1-3-12-9;10-4-8(13)7-5-12-9-6(7)2-1-3-11-9;1-2-3;2-1(3)4/h1-5H,(H2,11,14)(H,12,13);1-3,5H,4H2,(H,11,12);3H,2H2,1H3;(H4,2,3,4). The predicted molar refractivity (Wildman–Crippen MR) is 150 cm³/mol. The number of nitrogens with two attached hydrogens (primary N) is 3. The van der Waals surface area contributed by atoms with Gasteiger partial charge < -0.3 is 32.3 Å². The normalized spacial score (nSPS) is 9.80. The van der Waals surface area contributed by atoms with Crippen LogP contribution in [0.3, 0.4) is 0 Å². The molecule has 0 amide bonds. The summed E-state index contributed by atoms with van der Waals surface area (Å²) in [6.07, 6.45) is 7.06. The van der Waals surface area contributed by atoms with Crippen molar-refractivity contribution in [3.8, 4) is 11.3 Å². The van der Waals surface area contributed by atoms with E-state index < -0.39 is 0 Å². The number of aliphatic hydroxyl groups excluding tert-OH is 1. The number of nitrogen functional groups attached to an aromatic ring is 1. The van der Waals surface area contributed by atoms with Crippen molar-refractivity contribution in [1.29, 1.82) is 0 Å². The Morgan fingerprint density at radius 3 is 2.20 bits per heavy atom. The molecule has 0 aliphatic carbocycles. The number of ketones is 1. The number of aliphatic hydroxyl groups is 1. The number of aromatic nitrogens is 5. The first-order valence-electron chi connectivity index (χ1n) is 10.1. The van der Waals surface area contributed by atoms with E-state index in [9.17, 15) is 4.79 Å². The first-order valence-corrected chi connectivity index (χ1v) is 12.5. The number of rotatable bonds is 3. The summed E-state index contributed by atoms with van der Waals surface area (Å²) in [5.41, 5.74) is 19.1. The van der Waals surface area contributed by atoms with Gasteiger partial charge in [0.05, 0.1) is 11.0 Å². The van der Waals surface area contributed by atoms with Gasteiger partial charge in [-0.1, -0.05) is 15.9 Å². The van der Waals surface area contributed by atoms with Gasteiger partial charge in [0.25, 0.3) is 0 Å². The first-order chi connectivity index (χ1) is 16.8. The highest BCUT2D eigenvalue weighted by atomic mass is 79.9. The summed E-state index contributed by atoms with van der Waals surface area (Å²) in [7, 11) is 0. The van der Waals surface area contributed by atoms with Gasteiger partial charge in [0, 0.05) is 58.7 Å². The van der Waals surface area contributed by atoms with Gasteiger partial charge in [0.15, 0.2) is 16.0 Å². The molecule has 5 heterocycles. The van der Waals surface area contributed by atoms with Crippen LogP contribution in [0.5, 0.6) is 0 Å². The number of nitrogens with one attached hydrogen (secondary N) is 2. The minimum absolute atomic E-state index is 0.000000000000000222. The van der Waals surface area contributed by atoms with E-state index in [0.717, 1.165) is 33.3 Å². The minimum atomic E-state index is 0.000000000000000222. The third kappa shape index (κ3) is 8.10. The number of fused-ring (bicyclic) bond motifs is 2. The number of hydrogen-bond donors (Lipinski definition) is 6. The van der Waals surface area contributed by atoms with Crippen molar-refractivity contribution in [3.63, 3.8) is 0 Å². The highest BCUT2D eigenvalue weighted by Gasteiger charge is 2.10. The van der Waals surface area contributed by atoms with Gasteiger partial charge in [-0.15, -0.1) is 11.3 Å². The van der Waals surface area contributed by atoms with Gasteiger partial charge in [0.1, 0.15) is 11.3 Å². The fraction of sp³-hybridized carbons (Fsp3) is 0.136. The lowest BCUT2D eigenvalue weighted by Crippen LogP contribution is -2.18. The maximum absolute atomic E-state index is 11.4. The quantitative estimate of drug-likeness (QED) is 0.106. The van der Waals surface area contributed by atoms with E-state index in [1.54, 1.807) is 25.5 Å². The lowest BCUT2D eigenvalue weighted by Gasteiger charge is -1.92. The van der Waals surface area contributed by atoms with Gasteiger partial charge >= 0.3 is 0 Å². The number of pyridine rings is 2. The second kappa shape index (κ2) is 14.1. The third-order valence-corrected chi connectivity index (χ3v) is 5.31. The highest BCUT2D eigenvalue weighted by Crippen LogP contribution is 2.29. The van der Waals surface area contributed by atoms with Crippen molar-refractivity contribution in [2.24, 2.45) is 11.5 Å². The van der Waals surface area contributed by atoms with Crippen molar-refractivity contribution in [3.05, 3.63) is 60.0 Å². The third-order valence-electron chi connectivity index (χ3n) is 4.12. The average Bonchev–Trinajstić information content (AvgIpc) is 3.57. The molecule has 0 bridgehead atoms. The Balaban J connectivity index is 0.000000197. The van der Waals surface area contributed by atoms with Crippen LogP contribution in [0, 0.1) is 0 Å². The zero-order chi connectivity index (χ0) is 25.8. The van der Waals surface area contributed by atoms with E-state index in [2.05, 4.69) is 64.5 Å². The van der Waals surface area contributed by atoms with Crippen molar-refractivity contribution in [2.45, 2.75) is 6.92 Å². The van der Waals surface area contributed by atoms with Gasteiger partial charge in [-0.25, -0.2) is 15.0 Å². The topological polar surface area (TPSA) is 186 Å². The number of alkyl halides is 1. The summed E-state index contributed by atoms with van der Waals surface area (Å²) in [6.45, 7) is 1.93. The van der Waals surface area contributed by atoms with Crippen LogP contribution in [-0.4, -0.2) is 52.9 Å². The number of thiazole rings is 1. The lowest BCUT2D eigenvalue weighted by molar-refractivity contribution is 0.102. The Hall–Kier alpha value is -3.39. The molecule has 0 aromatic carbocycles. The Labute approximate surface area is 219 Å². The molecule has 0 spiro atoms. The van der Waals surface area contributed by atoms with Crippen LogP contribution in [0.15, 0.2) is 54.4 Å². The molecule has 0 fully saturated rings. The fourth-order valence-electron chi connectivity index (χ4n) is 2.84. The van der Waals surface area contributed by atoms with E-state index in [-0.39, 0.29) is 17.5 Å². The number of Topliss-reactive ketones (excluding diaryl/α,β-unsaturated/α-hetero) is 1. The number of hydrogen-bond acceptors (Lipinski definition) is 8. The molecule has 13 heteroatoms. The zero-order valence-electron chi connectivity index (χ0n) is 18.7. The molecule has 0 aliphatic rings. The van der Waals surface area contributed by atoms with E-state index >= 15 is 0 Å². The van der Waals surface area contributed by atoms with Crippen LogP contribution >= 0.6 is 39.5 Å². The van der Waals surface area contributed by atoms with E-state index in [1.807, 2.05) is 35.8 Å². The van der Waals surface area contributed by atoms with Gasteiger partial charge in [-0.05, 0) is 43.4 Å². The molecule has 0 atom stereocenters. The Kier molecular flexibility index (Phi) is 11.2. The van der Waals surface area contributed by atoms with Crippen LogP contribution in [0.2, 0.25) is 0 Å². The smallest absolute Gasteiger partial charge is 0.180 e. The molecule has 184 valence electrons. The van der Waals surface area contributed by atoms with Gasteiger partial charge in [-0.3, -0.25) is 4.79 Å². The molecule has 5 aromatic rings. The molecule has 0 aliphatic heterocycles. The zero-order valence-corrected chi connectivity index (χ0v) is 22.0. The number of anilines is 1. The van der Waals surface area contributed by atoms with Gasteiger partial charge in [0.2, 0.25) is 0 Å². The molecule has 0 saturated carbocycles. The molecular formula is C22H25BrN8O2S2. The summed E-state index contributed by atoms with van der Waals surface area (Å²) < 4.78 is 0. The van der Waals surface area contributed by atoms with Crippen LogP contribution in [0.25, 0.3) is 33.3 Å². The number of halogens is 1.